The topological polar surface area (TPSA) is 116 Å². The molecule has 2 aromatic heterocycles. The number of nitrogens with zero attached hydrogens (tertiary/aromatic N) is 4. The average molecular weight is 358 g/mol. The minimum absolute atomic E-state index is 0.0206. The van der Waals surface area contributed by atoms with Crippen molar-refractivity contribution >= 4 is 29.2 Å². The number of carboxylic acids is 2. The van der Waals surface area contributed by atoms with Crippen LogP contribution in [-0.2, 0) is 20.9 Å². The van der Waals surface area contributed by atoms with Crippen LogP contribution in [0.1, 0.15) is 12.6 Å². The Morgan fingerprint density at radius 2 is 1.77 bits per heavy atom. The summed E-state index contributed by atoms with van der Waals surface area (Å²) in [5.74, 6) is -2.49. The minimum Gasteiger partial charge on any atom is -0.478 e. The SMILES string of the molecule is CC(=O)N1Cc2cccn2N(C)c2ccncc21.O=C(O)/C=C\C(=O)O. The first-order valence-electron chi connectivity index (χ1n) is 7.57. The van der Waals surface area contributed by atoms with Crippen LogP contribution in [0.3, 0.4) is 0 Å². The van der Waals surface area contributed by atoms with Crippen LogP contribution in [0.4, 0.5) is 11.4 Å². The highest BCUT2D eigenvalue weighted by Crippen LogP contribution is 2.32. The van der Waals surface area contributed by atoms with Gasteiger partial charge in [-0.25, -0.2) is 9.59 Å². The van der Waals surface area contributed by atoms with Gasteiger partial charge in [-0.2, -0.15) is 0 Å². The highest BCUT2D eigenvalue weighted by Gasteiger charge is 2.24. The monoisotopic (exact) mass is 358 g/mol. The molecule has 0 spiro atoms. The van der Waals surface area contributed by atoms with E-state index in [1.54, 1.807) is 24.2 Å². The first-order chi connectivity index (χ1) is 12.3. The summed E-state index contributed by atoms with van der Waals surface area (Å²) >= 11 is 0. The second-order valence-corrected chi connectivity index (χ2v) is 5.35. The number of fused-ring (bicyclic) bond motifs is 2. The molecule has 1 aliphatic rings. The molecular formula is C17H18N4O5. The molecule has 1 amide bonds. The van der Waals surface area contributed by atoms with Crippen LogP contribution in [0.25, 0.3) is 0 Å². The molecule has 0 bridgehead atoms. The largest absolute Gasteiger partial charge is 0.478 e. The molecule has 0 aliphatic carbocycles. The fourth-order valence-corrected chi connectivity index (χ4v) is 2.47. The lowest BCUT2D eigenvalue weighted by Gasteiger charge is -2.23. The maximum atomic E-state index is 11.8. The maximum absolute atomic E-state index is 11.8. The van der Waals surface area contributed by atoms with Crippen molar-refractivity contribution in [2.75, 3.05) is 17.0 Å². The molecule has 0 aromatic carbocycles. The summed E-state index contributed by atoms with van der Waals surface area (Å²) in [5.41, 5.74) is 2.88. The zero-order valence-electron chi connectivity index (χ0n) is 14.2. The number of aliphatic carboxylic acids is 2. The van der Waals surface area contributed by atoms with Crippen molar-refractivity contribution in [1.29, 1.82) is 0 Å². The first-order valence-corrected chi connectivity index (χ1v) is 7.57. The van der Waals surface area contributed by atoms with Crippen molar-refractivity contribution < 1.29 is 24.6 Å². The van der Waals surface area contributed by atoms with E-state index in [9.17, 15) is 14.4 Å². The van der Waals surface area contributed by atoms with Gasteiger partial charge in [-0.1, -0.05) is 0 Å². The van der Waals surface area contributed by atoms with Crippen LogP contribution in [0.5, 0.6) is 0 Å². The van der Waals surface area contributed by atoms with Gasteiger partial charge in [0.15, 0.2) is 0 Å². The lowest BCUT2D eigenvalue weighted by molar-refractivity contribution is -0.134. The molecule has 3 rings (SSSR count). The Morgan fingerprint density at radius 3 is 2.35 bits per heavy atom. The van der Waals surface area contributed by atoms with Crippen LogP contribution in [0.2, 0.25) is 0 Å². The molecule has 0 unspecified atom stereocenters. The highest BCUT2D eigenvalue weighted by atomic mass is 16.4. The number of anilines is 2. The minimum atomic E-state index is -1.26. The maximum Gasteiger partial charge on any atom is 0.328 e. The van der Waals surface area contributed by atoms with E-state index in [1.165, 1.54) is 0 Å². The van der Waals surface area contributed by atoms with E-state index < -0.39 is 11.9 Å². The van der Waals surface area contributed by atoms with E-state index in [2.05, 4.69) is 4.98 Å². The molecule has 0 saturated carbocycles. The van der Waals surface area contributed by atoms with Gasteiger partial charge in [0.2, 0.25) is 5.91 Å². The summed E-state index contributed by atoms with van der Waals surface area (Å²) in [4.78, 5) is 36.8. The van der Waals surface area contributed by atoms with E-state index in [4.69, 9.17) is 10.2 Å². The molecule has 0 saturated heterocycles. The zero-order chi connectivity index (χ0) is 19.3. The molecule has 0 atom stereocenters. The smallest absolute Gasteiger partial charge is 0.328 e. The number of aromatic nitrogens is 2. The third-order valence-corrected chi connectivity index (χ3v) is 3.62. The Morgan fingerprint density at radius 1 is 1.12 bits per heavy atom. The molecule has 9 heteroatoms. The standard InChI is InChI=1S/C13H14N4O.C4H4O4/c1-10(18)16-9-11-4-3-7-17(11)15(2)12-5-6-14-8-13(12)16;5-3(6)1-2-4(7)8/h3-8H,9H2,1-2H3;1-2H,(H,5,6)(H,7,8)/b;2-1-. The Labute approximate surface area is 149 Å². The van der Waals surface area contributed by atoms with Crippen molar-refractivity contribution in [1.82, 2.24) is 9.66 Å². The summed E-state index contributed by atoms with van der Waals surface area (Å²) in [5, 5.41) is 17.6. The molecule has 136 valence electrons. The molecule has 2 N–H and O–H groups in total. The van der Waals surface area contributed by atoms with Crippen molar-refractivity contribution in [3.05, 3.63) is 54.6 Å². The molecule has 26 heavy (non-hydrogen) atoms. The molecule has 1 aliphatic heterocycles. The van der Waals surface area contributed by atoms with Crippen LogP contribution < -0.4 is 9.91 Å². The molecule has 0 fully saturated rings. The Hall–Kier alpha value is -3.62. The predicted molar refractivity (Wildman–Crippen MR) is 93.7 cm³/mol. The molecule has 2 aromatic rings. The van der Waals surface area contributed by atoms with Crippen molar-refractivity contribution in [3.63, 3.8) is 0 Å². The number of hydrogen-bond acceptors (Lipinski definition) is 5. The van der Waals surface area contributed by atoms with Gasteiger partial charge in [-0.15, -0.1) is 0 Å². The van der Waals surface area contributed by atoms with E-state index in [0.717, 1.165) is 17.1 Å². The van der Waals surface area contributed by atoms with Crippen LogP contribution in [-0.4, -0.2) is 44.8 Å². The van der Waals surface area contributed by atoms with Crippen LogP contribution in [0, 0.1) is 0 Å². The normalized spacial score (nSPS) is 12.5. The van der Waals surface area contributed by atoms with E-state index in [0.29, 0.717) is 18.7 Å². The second-order valence-electron chi connectivity index (χ2n) is 5.35. The predicted octanol–water partition coefficient (Wildman–Crippen LogP) is 1.36. The number of rotatable bonds is 2. The van der Waals surface area contributed by atoms with E-state index in [1.807, 2.05) is 41.1 Å². The van der Waals surface area contributed by atoms with Gasteiger partial charge in [-0.05, 0) is 18.2 Å². The second kappa shape index (κ2) is 7.97. The van der Waals surface area contributed by atoms with Gasteiger partial charge < -0.3 is 15.1 Å². The van der Waals surface area contributed by atoms with Crippen LogP contribution in [0.15, 0.2) is 48.9 Å². The quantitative estimate of drug-likeness (QED) is 0.779. The third kappa shape index (κ3) is 4.26. The van der Waals surface area contributed by atoms with Gasteiger partial charge in [0.25, 0.3) is 0 Å². The van der Waals surface area contributed by atoms with Crippen molar-refractivity contribution in [2.24, 2.45) is 0 Å². The highest BCUT2D eigenvalue weighted by molar-refractivity contribution is 5.95. The molecular weight excluding hydrogens is 340 g/mol. The van der Waals surface area contributed by atoms with Gasteiger partial charge in [0.1, 0.15) is 0 Å². The number of pyridine rings is 1. The van der Waals surface area contributed by atoms with Gasteiger partial charge >= 0.3 is 11.9 Å². The number of carbonyl (C=O) groups excluding carboxylic acids is 1. The average Bonchev–Trinajstić information content (AvgIpc) is 3.01. The third-order valence-electron chi connectivity index (χ3n) is 3.62. The van der Waals surface area contributed by atoms with Gasteiger partial charge in [-0.3, -0.25) is 19.5 Å². The van der Waals surface area contributed by atoms with Gasteiger partial charge in [0.05, 0.1) is 29.8 Å². The summed E-state index contributed by atoms with van der Waals surface area (Å²) in [7, 11) is 1.98. The molecule has 3 heterocycles. The van der Waals surface area contributed by atoms with E-state index >= 15 is 0 Å². The fraction of sp³-hybridized carbons (Fsp3) is 0.176. The summed E-state index contributed by atoms with van der Waals surface area (Å²) in [6.07, 6.45) is 6.58. The summed E-state index contributed by atoms with van der Waals surface area (Å²) in [6.45, 7) is 2.14. The van der Waals surface area contributed by atoms with Crippen LogP contribution >= 0.6 is 0 Å². The lowest BCUT2D eigenvalue weighted by atomic mass is 10.3. The fourth-order valence-electron chi connectivity index (χ4n) is 2.47. The number of hydrogen-bond donors (Lipinski definition) is 2. The summed E-state index contributed by atoms with van der Waals surface area (Å²) < 4.78 is 2.04. The summed E-state index contributed by atoms with van der Waals surface area (Å²) in [6, 6.07) is 5.92. The zero-order valence-corrected chi connectivity index (χ0v) is 14.2. The molecule has 0 radical (unpaired) electrons. The van der Waals surface area contributed by atoms with Crippen molar-refractivity contribution in [2.45, 2.75) is 13.5 Å². The lowest BCUT2D eigenvalue weighted by Crippen LogP contribution is -2.27. The van der Waals surface area contributed by atoms with Gasteiger partial charge in [0, 0.05) is 38.5 Å². The number of carboxylic acid groups (broad SMARTS) is 2. The Kier molecular flexibility index (Phi) is 5.74. The number of amides is 1. The number of carbonyl (C=O) groups is 3. The van der Waals surface area contributed by atoms with Crippen molar-refractivity contribution in [3.8, 4) is 0 Å². The molecule has 9 nitrogen and oxygen atoms in total. The first kappa shape index (κ1) is 18.7. The van der Waals surface area contributed by atoms with E-state index in [-0.39, 0.29) is 5.91 Å². The Bertz CT molecular complexity index is 842. The Balaban J connectivity index is 0.000000260.